The maximum Gasteiger partial charge on any atom is 0.437 e. The molecule has 1 N–H and O–H groups in total. The smallest absolute Gasteiger partial charge is 0.437 e. The molecule has 1 fully saturated rings. The van der Waals surface area contributed by atoms with Crippen LogP contribution in [0.15, 0.2) is 88.4 Å². The van der Waals surface area contributed by atoms with Crippen LogP contribution in [0.3, 0.4) is 0 Å². The van der Waals surface area contributed by atoms with Crippen molar-refractivity contribution in [3.8, 4) is 17.1 Å². The zero-order chi connectivity index (χ0) is 47.6. The van der Waals surface area contributed by atoms with Gasteiger partial charge in [0, 0.05) is 24.6 Å². The van der Waals surface area contributed by atoms with Gasteiger partial charge in [-0.15, -0.1) is 4.99 Å². The monoisotopic (exact) mass is 921 g/mol. The predicted molar refractivity (Wildman–Crippen MR) is 248 cm³/mol. The first-order chi connectivity index (χ1) is 30.5. The molecule has 1 aliphatic heterocycles. The molecule has 0 saturated carbocycles. The van der Waals surface area contributed by atoms with E-state index in [0.29, 0.717) is 12.8 Å². The molecule has 65 heavy (non-hydrogen) atoms. The summed E-state index contributed by atoms with van der Waals surface area (Å²) in [6.45, 7) is 19.3. The number of carbonyl (C=O) groups is 2. The molecule has 0 unspecified atom stereocenters. The van der Waals surface area contributed by atoms with Crippen LogP contribution in [0, 0.1) is 5.92 Å². The first-order valence-electron chi connectivity index (χ1n) is 22.5. The molecule has 0 spiro atoms. The largest absolute Gasteiger partial charge is 0.493 e. The molecule has 1 saturated heterocycles. The number of nitrogens with zero attached hydrogens (tertiary/aromatic N) is 4. The number of hydrogen-bond acceptors (Lipinski definition) is 9. The van der Waals surface area contributed by atoms with Crippen molar-refractivity contribution in [3.63, 3.8) is 0 Å². The molecule has 4 aromatic rings. The van der Waals surface area contributed by atoms with E-state index in [2.05, 4.69) is 67.4 Å². The number of benzene rings is 3. The van der Waals surface area contributed by atoms with Crippen LogP contribution in [0.2, 0.25) is 5.04 Å². The van der Waals surface area contributed by atoms with Gasteiger partial charge in [0.15, 0.2) is 0 Å². The minimum Gasteiger partial charge on any atom is -0.493 e. The Bertz CT molecular complexity index is 2160. The molecule has 1 aromatic heterocycles. The van der Waals surface area contributed by atoms with Crippen LogP contribution in [-0.4, -0.2) is 72.5 Å². The normalized spacial score (nSPS) is 16.4. The topological polar surface area (TPSA) is 138 Å². The van der Waals surface area contributed by atoms with Crippen molar-refractivity contribution < 1.29 is 45.9 Å². The molecule has 5 rings (SSSR count). The Hall–Kier alpha value is -5.22. The summed E-state index contributed by atoms with van der Waals surface area (Å²) in [7, 11) is -3.10. The summed E-state index contributed by atoms with van der Waals surface area (Å²) in [5.41, 5.74) is -2.72. The van der Waals surface area contributed by atoms with Crippen molar-refractivity contribution in [2.45, 2.75) is 143 Å². The van der Waals surface area contributed by atoms with E-state index in [1.54, 1.807) is 46.4 Å². The highest BCUT2D eigenvalue weighted by atomic mass is 28.4. The van der Waals surface area contributed by atoms with Gasteiger partial charge < -0.3 is 28.1 Å². The van der Waals surface area contributed by atoms with E-state index >= 15 is 0 Å². The first kappa shape index (κ1) is 50.8. The minimum atomic E-state index is -4.73. The maximum absolute atomic E-state index is 14.6. The lowest BCUT2D eigenvalue weighted by Gasteiger charge is -2.43. The Labute approximate surface area is 382 Å². The number of alkyl carbamates (subject to hydrolysis) is 1. The zero-order valence-corrected chi connectivity index (χ0v) is 40.5. The number of hydrogen-bond donors (Lipinski definition) is 1. The highest BCUT2D eigenvalue weighted by molar-refractivity contribution is 6.99. The van der Waals surface area contributed by atoms with Crippen molar-refractivity contribution in [2.75, 3.05) is 19.8 Å². The molecule has 354 valence electrons. The quantitative estimate of drug-likeness (QED) is 0.0531. The number of ether oxygens (including phenoxy) is 3. The zero-order valence-electron chi connectivity index (χ0n) is 39.5. The number of aliphatic imine (C=N–C) groups is 1. The lowest BCUT2D eigenvalue weighted by molar-refractivity contribution is -0.138. The number of amides is 2. The number of aromatic nitrogens is 2. The van der Waals surface area contributed by atoms with Crippen LogP contribution < -0.4 is 20.4 Å². The first-order valence-corrected chi connectivity index (χ1v) is 24.4. The number of rotatable bonds is 15. The van der Waals surface area contributed by atoms with Gasteiger partial charge in [-0.1, -0.05) is 126 Å². The second-order valence-electron chi connectivity index (χ2n) is 19.5. The summed E-state index contributed by atoms with van der Waals surface area (Å²) in [5, 5.41) is 8.59. The molecule has 3 aromatic carbocycles. The number of unbranched alkanes of at least 4 members (excludes halogenated alkanes) is 5. The van der Waals surface area contributed by atoms with E-state index in [0.717, 1.165) is 48.5 Å². The summed E-state index contributed by atoms with van der Waals surface area (Å²) < 4.78 is 73.8. The number of halogens is 3. The predicted octanol–water partition coefficient (Wildman–Crippen LogP) is 11.3. The van der Waals surface area contributed by atoms with Crippen LogP contribution in [0.4, 0.5) is 22.8 Å². The lowest BCUT2D eigenvalue weighted by Crippen LogP contribution is -2.67. The van der Waals surface area contributed by atoms with Crippen LogP contribution in [0.25, 0.3) is 11.4 Å². The van der Waals surface area contributed by atoms with Gasteiger partial charge in [0.25, 0.3) is 8.32 Å². The third kappa shape index (κ3) is 13.7. The van der Waals surface area contributed by atoms with E-state index < -0.39 is 55.4 Å². The van der Waals surface area contributed by atoms with Gasteiger partial charge in [0.05, 0.1) is 12.2 Å². The van der Waals surface area contributed by atoms with Gasteiger partial charge in [-0.25, -0.2) is 9.59 Å². The Morgan fingerprint density at radius 2 is 1.43 bits per heavy atom. The summed E-state index contributed by atoms with van der Waals surface area (Å²) in [6.07, 6.45) is -0.340. The van der Waals surface area contributed by atoms with E-state index in [1.807, 2.05) is 36.4 Å². The molecule has 16 heteroatoms. The summed E-state index contributed by atoms with van der Waals surface area (Å²) in [4.78, 5) is 37.4. The molecule has 2 atom stereocenters. The summed E-state index contributed by atoms with van der Waals surface area (Å²) >= 11 is 0. The van der Waals surface area contributed by atoms with Gasteiger partial charge in [0.1, 0.15) is 23.0 Å². The Kier molecular flexibility index (Phi) is 16.7. The van der Waals surface area contributed by atoms with Gasteiger partial charge in [-0.2, -0.15) is 18.2 Å². The average Bonchev–Trinajstić information content (AvgIpc) is 3.87. The number of carbonyl (C=O) groups excluding carboxylic acids is 2. The van der Waals surface area contributed by atoms with Crippen molar-refractivity contribution in [1.29, 1.82) is 0 Å². The molecule has 0 bridgehead atoms. The lowest BCUT2D eigenvalue weighted by atomic mass is 10.0. The molecule has 2 heterocycles. The van der Waals surface area contributed by atoms with E-state index in [-0.39, 0.29) is 53.8 Å². The summed E-state index contributed by atoms with van der Waals surface area (Å²) in [6, 6.07) is 23.1. The second kappa shape index (κ2) is 21.4. The average molecular weight is 922 g/mol. The number of guanidine groups is 1. The molecular weight excluding hydrogens is 856 g/mol. The molecule has 12 nitrogen and oxygen atoms in total. The van der Waals surface area contributed by atoms with Gasteiger partial charge in [-0.05, 0) is 88.0 Å². The Morgan fingerprint density at radius 3 is 2.00 bits per heavy atom. The van der Waals surface area contributed by atoms with E-state index in [9.17, 15) is 22.8 Å². The second-order valence-corrected chi connectivity index (χ2v) is 23.8. The third-order valence-corrected chi connectivity index (χ3v) is 15.9. The fourth-order valence-electron chi connectivity index (χ4n) is 8.08. The number of nitrogens with one attached hydrogen (secondary N) is 1. The van der Waals surface area contributed by atoms with Gasteiger partial charge in [0.2, 0.25) is 17.7 Å². The van der Waals surface area contributed by atoms with Crippen LogP contribution >= 0.6 is 0 Å². The minimum absolute atomic E-state index is 0.00776. The summed E-state index contributed by atoms with van der Waals surface area (Å²) in [5.74, 6) is -1.00. The standard InChI is InChI=1S/C49H66F3N5O7Si/c1-11-12-13-14-15-22-31-60-39-28-27-34(32-38(39)49(50,51)52)41-53-42(64-56-41)40-35(29-30-57(40)43(54-44(58)62-46(2,3)4)55-45(59)63-47(5,6)7)33-61-65(48(8,9)10,36-23-18-16-19-24-36)37-25-20-17-21-26-37/h16-21,23-28,32,35,40H,11-15,22,29-31,33H2,1-10H3,(H,54,55,58,59)/t35-,40+/m1/s1. The van der Waals surface area contributed by atoms with Gasteiger partial charge in [-0.3, -0.25) is 5.32 Å². The molecule has 2 amide bonds. The van der Waals surface area contributed by atoms with Crippen LogP contribution in [0.1, 0.15) is 132 Å². The number of likely N-dealkylation sites (tertiary alicyclic amines) is 1. The van der Waals surface area contributed by atoms with Gasteiger partial charge >= 0.3 is 18.4 Å². The highest BCUT2D eigenvalue weighted by Crippen LogP contribution is 2.43. The fraction of sp³-hybridized carbons (Fsp3) is 0.531. The van der Waals surface area contributed by atoms with Crippen molar-refractivity contribution >= 4 is 36.8 Å². The van der Waals surface area contributed by atoms with Crippen LogP contribution in [0.5, 0.6) is 5.75 Å². The maximum atomic E-state index is 14.6. The number of alkyl halides is 3. The fourth-order valence-corrected chi connectivity index (χ4v) is 12.7. The van der Waals surface area contributed by atoms with E-state index in [4.69, 9.17) is 28.1 Å². The Balaban J connectivity index is 1.58. The Morgan fingerprint density at radius 1 is 0.831 bits per heavy atom. The molecule has 0 radical (unpaired) electrons. The van der Waals surface area contributed by atoms with Crippen molar-refractivity contribution in [3.05, 3.63) is 90.3 Å². The van der Waals surface area contributed by atoms with Crippen molar-refractivity contribution in [1.82, 2.24) is 20.4 Å². The highest BCUT2D eigenvalue weighted by Gasteiger charge is 2.52. The van der Waals surface area contributed by atoms with E-state index in [1.165, 1.54) is 12.1 Å². The van der Waals surface area contributed by atoms with Crippen molar-refractivity contribution in [2.24, 2.45) is 10.9 Å². The SMILES string of the molecule is CCCCCCCCOc1ccc(-c2noc([C@@H]3[C@@H](CO[Si](c4ccccc4)(c4ccccc4)C(C)(C)C)CCN3/C(=N/C(=O)OC(C)(C)C)NC(=O)OC(C)(C)C)n2)cc1C(F)(F)F. The molecule has 0 aliphatic carbocycles. The molecular formula is C49H66F3N5O7Si. The van der Waals surface area contributed by atoms with Crippen LogP contribution in [-0.2, 0) is 20.1 Å². The molecule has 1 aliphatic rings. The third-order valence-electron chi connectivity index (χ3n) is 10.9.